The molecule has 0 N–H and O–H groups in total. The molecule has 1 fully saturated rings. The zero-order valence-electron chi connectivity index (χ0n) is 13.4. The topological polar surface area (TPSA) is 55.2 Å². The molecule has 22 heavy (non-hydrogen) atoms. The van der Waals surface area contributed by atoms with Crippen molar-refractivity contribution in [2.24, 2.45) is 7.05 Å². The van der Waals surface area contributed by atoms with Crippen molar-refractivity contribution in [2.75, 3.05) is 18.8 Å². The molecule has 0 bridgehead atoms. The average Bonchev–Trinajstić information content (AvgIpc) is 2.75. The Morgan fingerprint density at radius 1 is 1.36 bits per heavy atom. The minimum absolute atomic E-state index is 0.00465. The summed E-state index contributed by atoms with van der Waals surface area (Å²) >= 11 is 0. The van der Waals surface area contributed by atoms with E-state index in [4.69, 9.17) is 0 Å². The number of aromatic nitrogens is 2. The lowest BCUT2D eigenvalue weighted by molar-refractivity contribution is 0.0746. The minimum atomic E-state index is -0.876. The van der Waals surface area contributed by atoms with E-state index in [1.165, 1.54) is 0 Å². The van der Waals surface area contributed by atoms with Crippen LogP contribution in [0.25, 0.3) is 11.0 Å². The third-order valence-electron chi connectivity index (χ3n) is 4.37. The van der Waals surface area contributed by atoms with E-state index in [1.54, 1.807) is 4.90 Å². The first-order valence-corrected chi connectivity index (χ1v) is 8.72. The standard InChI is InChI=1S/C16H21N3O2S/c1-11-17-13-9-12(5-6-14(13)18(11)4)15(20)19-7-8-22(21)16(2,3)10-19/h5-6,9H,7-8,10H2,1-4H3. The maximum Gasteiger partial charge on any atom is 0.254 e. The first kappa shape index (κ1) is 15.2. The molecule has 0 radical (unpaired) electrons. The van der Waals surface area contributed by atoms with Gasteiger partial charge in [0.05, 0.1) is 15.8 Å². The quantitative estimate of drug-likeness (QED) is 0.806. The van der Waals surface area contributed by atoms with Crippen LogP contribution in [0.3, 0.4) is 0 Å². The summed E-state index contributed by atoms with van der Waals surface area (Å²) in [6.45, 7) is 6.93. The van der Waals surface area contributed by atoms with Gasteiger partial charge >= 0.3 is 0 Å². The number of fused-ring (bicyclic) bond motifs is 1. The number of aryl methyl sites for hydroxylation is 2. The SMILES string of the molecule is Cc1nc2cc(C(=O)N3CCS(=O)C(C)(C)C3)ccc2n1C. The first-order valence-electron chi connectivity index (χ1n) is 7.40. The predicted molar refractivity (Wildman–Crippen MR) is 88.4 cm³/mol. The normalized spacial score (nSPS) is 21.3. The molecule has 5 nitrogen and oxygen atoms in total. The number of hydrogen-bond acceptors (Lipinski definition) is 3. The number of carbonyl (C=O) groups excluding carboxylic acids is 1. The summed E-state index contributed by atoms with van der Waals surface area (Å²) in [5, 5.41) is 0. The van der Waals surface area contributed by atoms with Crippen LogP contribution < -0.4 is 0 Å². The van der Waals surface area contributed by atoms with Crippen LogP contribution in [-0.4, -0.2) is 48.2 Å². The van der Waals surface area contributed by atoms with Gasteiger partial charge in [-0.3, -0.25) is 9.00 Å². The first-order chi connectivity index (χ1) is 10.3. The lowest BCUT2D eigenvalue weighted by Crippen LogP contribution is -2.52. The second-order valence-corrected chi connectivity index (χ2v) is 8.66. The van der Waals surface area contributed by atoms with E-state index in [9.17, 15) is 9.00 Å². The lowest BCUT2D eigenvalue weighted by Gasteiger charge is -2.37. The van der Waals surface area contributed by atoms with Gasteiger partial charge in [0.2, 0.25) is 0 Å². The summed E-state index contributed by atoms with van der Waals surface area (Å²) in [5.74, 6) is 1.47. The molecule has 6 heteroatoms. The minimum Gasteiger partial charge on any atom is -0.336 e. The summed E-state index contributed by atoms with van der Waals surface area (Å²) in [6.07, 6.45) is 0. The molecule has 1 aromatic heterocycles. The molecule has 0 aliphatic carbocycles. The number of nitrogens with zero attached hydrogens (tertiary/aromatic N) is 3. The molecule has 1 saturated heterocycles. The molecule has 1 aliphatic heterocycles. The zero-order chi connectivity index (χ0) is 16.1. The highest BCUT2D eigenvalue weighted by molar-refractivity contribution is 7.86. The summed E-state index contributed by atoms with van der Waals surface area (Å²) in [6, 6.07) is 5.64. The van der Waals surface area contributed by atoms with Crippen LogP contribution in [0.1, 0.15) is 30.0 Å². The molecule has 1 atom stereocenters. The highest BCUT2D eigenvalue weighted by Gasteiger charge is 2.35. The van der Waals surface area contributed by atoms with Gasteiger partial charge in [-0.1, -0.05) is 0 Å². The molecule has 1 amide bonds. The van der Waals surface area contributed by atoms with Crippen molar-refractivity contribution in [1.29, 1.82) is 0 Å². The van der Waals surface area contributed by atoms with Gasteiger partial charge < -0.3 is 9.47 Å². The molecule has 0 saturated carbocycles. The third kappa shape index (κ3) is 2.45. The highest BCUT2D eigenvalue weighted by Crippen LogP contribution is 2.23. The number of imidazole rings is 1. The van der Waals surface area contributed by atoms with Crippen LogP contribution in [0.4, 0.5) is 0 Å². The van der Waals surface area contributed by atoms with Gasteiger partial charge in [-0.15, -0.1) is 0 Å². The van der Waals surface area contributed by atoms with E-state index in [-0.39, 0.29) is 10.7 Å². The maximum absolute atomic E-state index is 12.7. The Kier molecular flexibility index (Phi) is 3.59. The second-order valence-electron chi connectivity index (χ2n) is 6.46. The Hall–Kier alpha value is -1.69. The molecule has 118 valence electrons. The molecule has 1 aromatic carbocycles. The molecule has 3 rings (SSSR count). The summed E-state index contributed by atoms with van der Waals surface area (Å²) in [7, 11) is 1.09. The predicted octanol–water partition coefficient (Wildman–Crippen LogP) is 1.86. The molecular weight excluding hydrogens is 298 g/mol. The Morgan fingerprint density at radius 2 is 2.09 bits per heavy atom. The van der Waals surface area contributed by atoms with Crippen LogP contribution in [0.5, 0.6) is 0 Å². The van der Waals surface area contributed by atoms with E-state index in [0.717, 1.165) is 16.9 Å². The van der Waals surface area contributed by atoms with Crippen molar-refractivity contribution in [3.63, 3.8) is 0 Å². The molecular formula is C16H21N3O2S. The monoisotopic (exact) mass is 319 g/mol. The fourth-order valence-electron chi connectivity index (χ4n) is 2.89. The number of rotatable bonds is 1. The van der Waals surface area contributed by atoms with Crippen LogP contribution in [0.15, 0.2) is 18.2 Å². The van der Waals surface area contributed by atoms with E-state index < -0.39 is 10.8 Å². The zero-order valence-corrected chi connectivity index (χ0v) is 14.2. The Balaban J connectivity index is 1.91. The fraction of sp³-hybridized carbons (Fsp3) is 0.500. The van der Waals surface area contributed by atoms with Crippen molar-refractivity contribution < 1.29 is 9.00 Å². The van der Waals surface area contributed by atoms with Gasteiger partial charge in [0.15, 0.2) is 0 Å². The summed E-state index contributed by atoms with van der Waals surface area (Å²) in [5.41, 5.74) is 2.51. The van der Waals surface area contributed by atoms with E-state index >= 15 is 0 Å². The van der Waals surface area contributed by atoms with Crippen LogP contribution in [-0.2, 0) is 17.8 Å². The maximum atomic E-state index is 12.7. The van der Waals surface area contributed by atoms with Crippen LogP contribution in [0, 0.1) is 6.92 Å². The fourth-order valence-corrected chi connectivity index (χ4v) is 4.13. The van der Waals surface area contributed by atoms with Crippen LogP contribution >= 0.6 is 0 Å². The van der Waals surface area contributed by atoms with E-state index in [1.807, 2.05) is 50.6 Å². The number of amides is 1. The Bertz CT molecular complexity index is 779. The molecule has 1 aliphatic rings. The van der Waals surface area contributed by atoms with Crippen molar-refractivity contribution in [1.82, 2.24) is 14.5 Å². The molecule has 2 aromatic rings. The third-order valence-corrected chi connectivity index (χ3v) is 6.29. The summed E-state index contributed by atoms with van der Waals surface area (Å²) < 4.78 is 13.7. The lowest BCUT2D eigenvalue weighted by atomic mass is 10.1. The Morgan fingerprint density at radius 3 is 2.77 bits per heavy atom. The largest absolute Gasteiger partial charge is 0.336 e. The molecule has 0 spiro atoms. The second kappa shape index (κ2) is 5.19. The van der Waals surface area contributed by atoms with Crippen molar-refractivity contribution in [3.05, 3.63) is 29.6 Å². The number of hydrogen-bond donors (Lipinski definition) is 0. The van der Waals surface area contributed by atoms with Crippen molar-refractivity contribution in [3.8, 4) is 0 Å². The number of benzene rings is 1. The molecule has 1 unspecified atom stereocenters. The summed E-state index contributed by atoms with van der Waals surface area (Å²) in [4.78, 5) is 19.0. The van der Waals surface area contributed by atoms with E-state index in [2.05, 4.69) is 4.98 Å². The van der Waals surface area contributed by atoms with Gasteiger partial charge in [-0.2, -0.15) is 0 Å². The van der Waals surface area contributed by atoms with Gasteiger partial charge in [0, 0.05) is 42.3 Å². The van der Waals surface area contributed by atoms with Gasteiger partial charge in [0.1, 0.15) is 5.82 Å². The average molecular weight is 319 g/mol. The highest BCUT2D eigenvalue weighted by atomic mass is 32.2. The van der Waals surface area contributed by atoms with Gasteiger partial charge in [-0.05, 0) is 39.0 Å². The smallest absolute Gasteiger partial charge is 0.254 e. The number of carbonyl (C=O) groups is 1. The molecule has 2 heterocycles. The van der Waals surface area contributed by atoms with Crippen molar-refractivity contribution >= 4 is 27.7 Å². The van der Waals surface area contributed by atoms with Gasteiger partial charge in [-0.25, -0.2) is 4.98 Å². The van der Waals surface area contributed by atoms with Gasteiger partial charge in [0.25, 0.3) is 5.91 Å². The Labute approximate surface area is 132 Å². The van der Waals surface area contributed by atoms with Crippen molar-refractivity contribution in [2.45, 2.75) is 25.5 Å². The van der Waals surface area contributed by atoms with E-state index in [0.29, 0.717) is 24.4 Å². The van der Waals surface area contributed by atoms with Crippen LogP contribution in [0.2, 0.25) is 0 Å².